The Bertz CT molecular complexity index is 428. The van der Waals surface area contributed by atoms with E-state index in [2.05, 4.69) is 24.0 Å². The van der Waals surface area contributed by atoms with Crippen molar-refractivity contribution in [3.63, 3.8) is 0 Å². The van der Waals surface area contributed by atoms with Crippen molar-refractivity contribution in [3.05, 3.63) is 29.3 Å². The number of fused-ring (bicyclic) bond motifs is 1. The van der Waals surface area contributed by atoms with E-state index in [4.69, 9.17) is 10.5 Å². The van der Waals surface area contributed by atoms with Crippen molar-refractivity contribution >= 4 is 0 Å². The maximum Gasteiger partial charge on any atom is 0.119 e. The molecule has 1 aliphatic carbocycles. The van der Waals surface area contributed by atoms with Gasteiger partial charge in [-0.15, -0.1) is 11.8 Å². The fraction of sp³-hybridized carbons (Fsp3) is 0.429. The van der Waals surface area contributed by atoms with Crippen LogP contribution >= 0.6 is 0 Å². The van der Waals surface area contributed by atoms with Gasteiger partial charge in [0.1, 0.15) is 5.75 Å². The Morgan fingerprint density at radius 2 is 2.38 bits per heavy atom. The van der Waals surface area contributed by atoms with Crippen molar-refractivity contribution < 1.29 is 4.74 Å². The van der Waals surface area contributed by atoms with Gasteiger partial charge in [0, 0.05) is 12.5 Å². The molecule has 2 N–H and O–H groups in total. The maximum absolute atomic E-state index is 5.98. The van der Waals surface area contributed by atoms with Gasteiger partial charge in [-0.25, -0.2) is 0 Å². The normalized spacial score (nSPS) is 17.5. The van der Waals surface area contributed by atoms with Crippen LogP contribution < -0.4 is 10.5 Å². The third-order valence-electron chi connectivity index (χ3n) is 2.91. The molecule has 0 aliphatic heterocycles. The molecular weight excluding hydrogens is 198 g/mol. The summed E-state index contributed by atoms with van der Waals surface area (Å²) in [6.07, 6.45) is 2.91. The van der Waals surface area contributed by atoms with E-state index in [1.165, 1.54) is 11.1 Å². The summed E-state index contributed by atoms with van der Waals surface area (Å²) in [5.41, 5.74) is 8.59. The van der Waals surface area contributed by atoms with Crippen molar-refractivity contribution in [2.24, 2.45) is 5.73 Å². The quantitative estimate of drug-likeness (QED) is 0.621. The number of rotatable bonds is 3. The molecule has 1 aromatic carbocycles. The first kappa shape index (κ1) is 11.0. The molecule has 16 heavy (non-hydrogen) atoms. The molecule has 0 amide bonds. The summed E-state index contributed by atoms with van der Waals surface area (Å²) in [6.45, 7) is 2.50. The molecule has 84 valence electrons. The van der Waals surface area contributed by atoms with E-state index in [9.17, 15) is 0 Å². The van der Waals surface area contributed by atoms with Gasteiger partial charge >= 0.3 is 0 Å². The van der Waals surface area contributed by atoms with Gasteiger partial charge in [-0.05, 0) is 43.0 Å². The van der Waals surface area contributed by atoms with Crippen LogP contribution in [0.2, 0.25) is 0 Å². The Morgan fingerprint density at radius 1 is 1.50 bits per heavy atom. The Morgan fingerprint density at radius 3 is 3.19 bits per heavy atom. The zero-order valence-electron chi connectivity index (χ0n) is 9.62. The number of aryl methyl sites for hydroxylation is 1. The van der Waals surface area contributed by atoms with Crippen molar-refractivity contribution in [1.82, 2.24) is 0 Å². The van der Waals surface area contributed by atoms with Crippen molar-refractivity contribution in [1.29, 1.82) is 0 Å². The predicted molar refractivity (Wildman–Crippen MR) is 65.3 cm³/mol. The zero-order valence-corrected chi connectivity index (χ0v) is 9.62. The molecule has 0 heterocycles. The minimum absolute atomic E-state index is 0.218. The molecule has 0 saturated carbocycles. The number of hydrogen-bond donors (Lipinski definition) is 1. The van der Waals surface area contributed by atoms with Crippen LogP contribution in [-0.4, -0.2) is 6.61 Å². The fourth-order valence-electron chi connectivity index (χ4n) is 2.06. The molecule has 0 radical (unpaired) electrons. The molecule has 2 heteroatoms. The lowest BCUT2D eigenvalue weighted by molar-refractivity contribution is 0.327. The summed E-state index contributed by atoms with van der Waals surface area (Å²) in [6, 6.07) is 6.42. The van der Waals surface area contributed by atoms with E-state index in [-0.39, 0.29) is 6.04 Å². The maximum atomic E-state index is 5.98. The minimum atomic E-state index is 0.218. The van der Waals surface area contributed by atoms with E-state index >= 15 is 0 Å². The highest BCUT2D eigenvalue weighted by atomic mass is 16.5. The molecule has 1 atom stereocenters. The third-order valence-corrected chi connectivity index (χ3v) is 2.91. The largest absolute Gasteiger partial charge is 0.493 e. The summed E-state index contributed by atoms with van der Waals surface area (Å²) < 4.78 is 5.63. The summed E-state index contributed by atoms with van der Waals surface area (Å²) in [5, 5.41) is 0. The highest BCUT2D eigenvalue weighted by Crippen LogP contribution is 2.31. The highest BCUT2D eigenvalue weighted by Gasteiger charge is 2.18. The van der Waals surface area contributed by atoms with Gasteiger partial charge in [0.25, 0.3) is 0 Å². The van der Waals surface area contributed by atoms with E-state index in [0.29, 0.717) is 6.61 Å². The molecule has 2 nitrogen and oxygen atoms in total. The Hall–Kier alpha value is -1.46. The smallest absolute Gasteiger partial charge is 0.119 e. The van der Waals surface area contributed by atoms with E-state index in [0.717, 1.165) is 25.0 Å². The van der Waals surface area contributed by atoms with Gasteiger partial charge < -0.3 is 10.5 Å². The van der Waals surface area contributed by atoms with Crippen molar-refractivity contribution in [2.45, 2.75) is 32.2 Å². The van der Waals surface area contributed by atoms with Crippen LogP contribution in [0.5, 0.6) is 5.75 Å². The standard InChI is InChI=1S/C14H17NO/c1-2-3-4-9-16-12-6-7-13-11(10-12)5-8-14(13)15/h6-7,10,14H,4-5,8-9,15H2,1H3. The summed E-state index contributed by atoms with van der Waals surface area (Å²) in [4.78, 5) is 0. The lowest BCUT2D eigenvalue weighted by Gasteiger charge is -2.08. The summed E-state index contributed by atoms with van der Waals surface area (Å²) >= 11 is 0. The van der Waals surface area contributed by atoms with Crippen LogP contribution in [0.1, 0.15) is 36.9 Å². The molecule has 0 aromatic heterocycles. The molecule has 2 rings (SSSR count). The van der Waals surface area contributed by atoms with Crippen LogP contribution in [0.3, 0.4) is 0 Å². The van der Waals surface area contributed by atoms with Crippen molar-refractivity contribution in [3.8, 4) is 17.6 Å². The van der Waals surface area contributed by atoms with Crippen LogP contribution in [-0.2, 0) is 6.42 Å². The number of nitrogens with two attached hydrogens (primary N) is 1. The van der Waals surface area contributed by atoms with Gasteiger partial charge in [0.05, 0.1) is 6.61 Å². The Kier molecular flexibility index (Phi) is 3.48. The van der Waals surface area contributed by atoms with Gasteiger partial charge in [0.15, 0.2) is 0 Å². The highest BCUT2D eigenvalue weighted by molar-refractivity contribution is 5.40. The predicted octanol–water partition coefficient (Wildman–Crippen LogP) is 2.42. The lowest BCUT2D eigenvalue weighted by atomic mass is 10.1. The van der Waals surface area contributed by atoms with Gasteiger partial charge in [-0.1, -0.05) is 6.07 Å². The molecule has 0 bridgehead atoms. The van der Waals surface area contributed by atoms with Crippen LogP contribution in [0.25, 0.3) is 0 Å². The van der Waals surface area contributed by atoms with Gasteiger partial charge in [-0.2, -0.15) is 0 Å². The molecular formula is C14H17NO. The average Bonchev–Trinajstić information content (AvgIpc) is 2.66. The van der Waals surface area contributed by atoms with E-state index < -0.39 is 0 Å². The molecule has 0 fully saturated rings. The van der Waals surface area contributed by atoms with Crippen molar-refractivity contribution in [2.75, 3.05) is 6.61 Å². The lowest BCUT2D eigenvalue weighted by Crippen LogP contribution is -2.05. The third kappa shape index (κ3) is 2.37. The molecule has 1 aliphatic rings. The summed E-state index contributed by atoms with van der Waals surface area (Å²) in [7, 11) is 0. The molecule has 0 saturated heterocycles. The molecule has 1 unspecified atom stereocenters. The number of benzene rings is 1. The van der Waals surface area contributed by atoms with Crippen LogP contribution in [0, 0.1) is 11.8 Å². The van der Waals surface area contributed by atoms with Gasteiger partial charge in [-0.3, -0.25) is 0 Å². The van der Waals surface area contributed by atoms with Crippen LogP contribution in [0.15, 0.2) is 18.2 Å². The average molecular weight is 215 g/mol. The number of hydrogen-bond acceptors (Lipinski definition) is 2. The van der Waals surface area contributed by atoms with E-state index in [1.807, 2.05) is 13.0 Å². The first-order valence-electron chi connectivity index (χ1n) is 5.72. The van der Waals surface area contributed by atoms with Gasteiger partial charge in [0.2, 0.25) is 0 Å². The first-order valence-corrected chi connectivity index (χ1v) is 5.72. The Balaban J connectivity index is 1.98. The summed E-state index contributed by atoms with van der Waals surface area (Å²) in [5.74, 6) is 6.77. The SMILES string of the molecule is CC#CCCOc1ccc2c(c1)CCC2N. The second kappa shape index (κ2) is 5.05. The van der Waals surface area contributed by atoms with Crippen LogP contribution in [0.4, 0.5) is 0 Å². The zero-order chi connectivity index (χ0) is 11.4. The molecule has 1 aromatic rings. The van der Waals surface area contributed by atoms with E-state index in [1.54, 1.807) is 0 Å². The topological polar surface area (TPSA) is 35.2 Å². The Labute approximate surface area is 96.8 Å². The second-order valence-corrected chi connectivity index (χ2v) is 4.03. The minimum Gasteiger partial charge on any atom is -0.493 e. The monoisotopic (exact) mass is 215 g/mol. The fourth-order valence-corrected chi connectivity index (χ4v) is 2.06. The molecule has 0 spiro atoms. The number of ether oxygens (including phenoxy) is 1. The second-order valence-electron chi connectivity index (χ2n) is 4.03. The first-order chi connectivity index (χ1) is 7.81.